The number of hydrogen-bond donors (Lipinski definition) is 5. The highest BCUT2D eigenvalue weighted by atomic mass is 35.5. The lowest BCUT2D eigenvalue weighted by Crippen LogP contribution is -2.57. The molecule has 4 aliphatic heterocycles. The van der Waals surface area contributed by atoms with Crippen molar-refractivity contribution in [1.29, 1.82) is 0 Å². The third-order valence-corrected chi connectivity index (χ3v) is 26.8. The number of nitrogens with zero attached hydrogens (tertiary/aromatic N) is 6. The van der Waals surface area contributed by atoms with Gasteiger partial charge in [0.05, 0.1) is 38.8 Å². The highest BCUT2D eigenvalue weighted by Gasteiger charge is 2.49. The van der Waals surface area contributed by atoms with Gasteiger partial charge >= 0.3 is 5.51 Å². The summed E-state index contributed by atoms with van der Waals surface area (Å²) in [6, 6.07) is 29.9. The highest BCUT2D eigenvalue weighted by molar-refractivity contribution is 7.99. The standard InChI is InChI=1S/C80H100ClF3N10O10S4/c1-52(54-19-21-56(22-20-54)73-53(2)85-51-106-73)86-76(99)69-44-63(95)49-94(69)77(100)74(78(3,4)5)88-71(96)17-13-8-9-14-18-72(97)92-40-37-90(38-41-92)36-34-61(50-105-64-15-11-10-12-16-64)87-67-31-30-65(45-70(67)107(101,102)80(82,83)84)108(103,104)89-75(98)58-26-32-68-57(43-58)25-29-62-48-91(39-42-93(62)68)47-59-46-79(6,7)35-33-66(59)55-23-27-60(81)28-24-55/h10-12,15-16,19-24,26-28,30-32,43,45,51-52,61-63,69,74,87,95H,8-9,13-14,17-18,25,29,33-42,44,46-50H2,1-7H3,(H,86,99)(H,88,96)(H,89,98)/t52?,61-,62?,63-,69+,74-/m1/s1. The molecule has 28 heteroatoms. The van der Waals surface area contributed by atoms with Gasteiger partial charge in [0.1, 0.15) is 17.0 Å². The molecule has 11 rings (SSSR count). The molecule has 5 N–H and O–H groups in total. The second kappa shape index (κ2) is 34.9. The van der Waals surface area contributed by atoms with Crippen LogP contribution in [0, 0.1) is 17.8 Å². The molecule has 0 saturated carbocycles. The van der Waals surface area contributed by atoms with E-state index in [9.17, 15) is 59.1 Å². The minimum Gasteiger partial charge on any atom is -0.391 e. The number of sulfone groups is 1. The Kier molecular flexibility index (Phi) is 26.4. The number of fused-ring (bicyclic) bond motifs is 3. The number of allylic oxidation sites excluding steroid dienone is 1. The third kappa shape index (κ3) is 20.4. The summed E-state index contributed by atoms with van der Waals surface area (Å²) in [6.45, 7) is 19.4. The van der Waals surface area contributed by atoms with E-state index in [1.165, 1.54) is 39.4 Å². The number of β-amino-alcohol motifs (C(OH)–C–C–N with tert-alkyl or cyclic N) is 1. The number of thiazole rings is 1. The number of rotatable bonds is 28. The van der Waals surface area contributed by atoms with Crippen molar-refractivity contribution in [3.8, 4) is 10.4 Å². The summed E-state index contributed by atoms with van der Waals surface area (Å²) < 4.78 is 101. The number of unbranched alkanes of at least 4 members (excludes halogenated alkanes) is 3. The molecular weight excluding hydrogens is 1480 g/mol. The Balaban J connectivity index is 0.645. The zero-order valence-corrected chi connectivity index (χ0v) is 66.5. The van der Waals surface area contributed by atoms with E-state index in [-0.39, 0.29) is 60.0 Å². The molecule has 0 spiro atoms. The second-order valence-electron chi connectivity index (χ2n) is 31.2. The molecular formula is C80H100ClF3N10O10S4. The molecule has 6 atom stereocenters. The van der Waals surface area contributed by atoms with Crippen LogP contribution in [0.15, 0.2) is 141 Å². The topological polar surface area (TPSA) is 251 Å². The first kappa shape index (κ1) is 81.6. The second-order valence-corrected chi connectivity index (χ2v) is 37.2. The fourth-order valence-corrected chi connectivity index (χ4v) is 19.3. The van der Waals surface area contributed by atoms with Crippen LogP contribution in [0.3, 0.4) is 0 Å². The van der Waals surface area contributed by atoms with E-state index in [1.807, 2.05) is 106 Å². The SMILES string of the molecule is Cc1ncsc1-c1ccc(C(C)NC(=O)[C@@H]2C[C@@H](O)CN2C(=O)[C@@H](NC(=O)CCCCCCC(=O)N2CCN(CC[C@H](CSc3ccccc3)Nc3ccc(S(=O)(=O)NC(=O)c4ccc5c(c4)CCC4CN(CC6=C(c7ccc(Cl)cc7)CCC(C)(C)C6)CCN54)cc3S(=O)(=O)C(F)(F)F)CC2)C(C)(C)C)cc1. The van der Waals surface area contributed by atoms with Crippen molar-refractivity contribution in [1.82, 2.24) is 39.9 Å². The zero-order valence-electron chi connectivity index (χ0n) is 62.4. The van der Waals surface area contributed by atoms with Crippen molar-refractivity contribution in [2.24, 2.45) is 10.8 Å². The molecule has 0 radical (unpaired) electrons. The highest BCUT2D eigenvalue weighted by Crippen LogP contribution is 2.44. The molecule has 6 aromatic rings. The summed E-state index contributed by atoms with van der Waals surface area (Å²) in [6.07, 6.45) is 6.83. The van der Waals surface area contributed by atoms with Gasteiger partial charge in [0.2, 0.25) is 23.6 Å². The number of carbonyl (C=O) groups excluding carboxylic acids is 5. The normalized spacial score (nSPS) is 19.6. The smallest absolute Gasteiger partial charge is 0.391 e. The molecule has 20 nitrogen and oxygen atoms in total. The zero-order chi connectivity index (χ0) is 77.5. The van der Waals surface area contributed by atoms with E-state index in [0.717, 1.165) is 102 Å². The van der Waals surface area contributed by atoms with Crippen molar-refractivity contribution in [2.45, 2.75) is 188 Å². The number of aryl methyl sites for hydroxylation is 2. The number of sulfonamides is 1. The Morgan fingerprint density at radius 3 is 2.18 bits per heavy atom. The molecule has 582 valence electrons. The average molecular weight is 1580 g/mol. The quantitative estimate of drug-likeness (QED) is 0.0226. The number of alkyl halides is 3. The van der Waals surface area contributed by atoms with Crippen LogP contribution in [0.4, 0.5) is 24.5 Å². The van der Waals surface area contributed by atoms with Crippen LogP contribution in [0.5, 0.6) is 0 Å². The summed E-state index contributed by atoms with van der Waals surface area (Å²) in [5.74, 6) is -1.96. The number of aliphatic hydroxyl groups excluding tert-OH is 1. The molecule has 1 aliphatic carbocycles. The Labute approximate surface area is 646 Å². The maximum absolute atomic E-state index is 14.7. The summed E-state index contributed by atoms with van der Waals surface area (Å²) in [4.78, 5) is 83.2. The Morgan fingerprint density at radius 2 is 1.49 bits per heavy atom. The molecule has 5 aromatic carbocycles. The summed E-state index contributed by atoms with van der Waals surface area (Å²) in [7, 11) is -11.1. The van der Waals surface area contributed by atoms with Crippen LogP contribution >= 0.6 is 34.7 Å². The van der Waals surface area contributed by atoms with Gasteiger partial charge in [0.25, 0.3) is 25.8 Å². The first-order valence-corrected chi connectivity index (χ1v) is 42.6. The monoisotopic (exact) mass is 1580 g/mol. The number of likely N-dealkylation sites (tertiary alicyclic amines) is 1. The summed E-state index contributed by atoms with van der Waals surface area (Å²) in [5, 5.41) is 20.5. The Hall–Kier alpha value is -7.37. The number of hydrogen-bond acceptors (Lipinski definition) is 17. The predicted octanol–water partition coefficient (Wildman–Crippen LogP) is 13.1. The van der Waals surface area contributed by atoms with Gasteiger partial charge in [-0.2, -0.15) is 13.2 Å². The van der Waals surface area contributed by atoms with E-state index in [4.69, 9.17) is 11.6 Å². The number of halogens is 4. The molecule has 3 fully saturated rings. The van der Waals surface area contributed by atoms with Gasteiger partial charge in [0.15, 0.2) is 0 Å². The number of aliphatic hydroxyl groups is 1. The maximum Gasteiger partial charge on any atom is 0.501 e. The third-order valence-electron chi connectivity index (χ3n) is 21.5. The Morgan fingerprint density at radius 1 is 0.796 bits per heavy atom. The Bertz CT molecular complexity index is 4480. The molecule has 5 amide bonds. The van der Waals surface area contributed by atoms with Gasteiger partial charge in [0, 0.05) is 124 Å². The van der Waals surface area contributed by atoms with Gasteiger partial charge in [-0.15, -0.1) is 23.1 Å². The van der Waals surface area contributed by atoms with Crippen molar-refractivity contribution < 1.29 is 59.1 Å². The number of amides is 5. The first-order valence-electron chi connectivity index (χ1n) is 37.3. The lowest BCUT2D eigenvalue weighted by atomic mass is 9.72. The molecule has 108 heavy (non-hydrogen) atoms. The number of carbonyl (C=O) groups is 5. The minimum absolute atomic E-state index is 0.0191. The van der Waals surface area contributed by atoms with Crippen molar-refractivity contribution in [3.63, 3.8) is 0 Å². The van der Waals surface area contributed by atoms with E-state index in [0.29, 0.717) is 88.8 Å². The lowest BCUT2D eigenvalue weighted by Gasteiger charge is -2.47. The number of nitrogens with one attached hydrogen (secondary N) is 4. The first-order chi connectivity index (χ1) is 51.2. The number of piperazine rings is 2. The van der Waals surface area contributed by atoms with Crippen LogP contribution in [-0.2, 0) is 45.5 Å². The van der Waals surface area contributed by atoms with E-state index < -0.39 is 88.2 Å². The van der Waals surface area contributed by atoms with Crippen molar-refractivity contribution in [3.05, 3.63) is 159 Å². The van der Waals surface area contributed by atoms with Crippen LogP contribution in [0.2, 0.25) is 5.02 Å². The predicted molar refractivity (Wildman–Crippen MR) is 419 cm³/mol. The molecule has 0 bridgehead atoms. The van der Waals surface area contributed by atoms with Gasteiger partial charge < -0.3 is 35.8 Å². The number of anilines is 2. The van der Waals surface area contributed by atoms with Gasteiger partial charge in [-0.25, -0.2) is 26.5 Å². The fourth-order valence-electron chi connectivity index (χ4n) is 15.4. The van der Waals surface area contributed by atoms with Crippen LogP contribution in [-0.4, -0.2) is 183 Å². The summed E-state index contributed by atoms with van der Waals surface area (Å²) in [5.41, 5.74) is 3.66. The van der Waals surface area contributed by atoms with Crippen molar-refractivity contribution in [2.75, 3.05) is 81.4 Å². The van der Waals surface area contributed by atoms with E-state index in [2.05, 4.69) is 61.6 Å². The van der Waals surface area contributed by atoms with Crippen LogP contribution in [0.25, 0.3) is 16.0 Å². The van der Waals surface area contributed by atoms with Gasteiger partial charge in [-0.1, -0.05) is 119 Å². The van der Waals surface area contributed by atoms with Crippen molar-refractivity contribution >= 4 is 101 Å². The number of benzene rings is 5. The van der Waals surface area contributed by atoms with Crippen LogP contribution < -0.4 is 25.6 Å². The lowest BCUT2D eigenvalue weighted by molar-refractivity contribution is -0.144. The largest absolute Gasteiger partial charge is 0.501 e. The van der Waals surface area contributed by atoms with Crippen LogP contribution in [0.1, 0.15) is 157 Å². The number of thioether (sulfide) groups is 1. The van der Waals surface area contributed by atoms with Gasteiger partial charge in [-0.3, -0.25) is 33.8 Å². The number of aromatic nitrogens is 1. The molecule has 1 aromatic heterocycles. The van der Waals surface area contributed by atoms with E-state index >= 15 is 0 Å². The average Bonchev–Trinajstić information content (AvgIpc) is 0.982. The van der Waals surface area contributed by atoms with Gasteiger partial charge in [-0.05, 0) is 165 Å². The maximum atomic E-state index is 14.7. The van der Waals surface area contributed by atoms with E-state index in [1.54, 1.807) is 33.9 Å². The summed E-state index contributed by atoms with van der Waals surface area (Å²) >= 11 is 9.22. The molecule has 3 saturated heterocycles. The molecule has 2 unspecified atom stereocenters. The molecule has 5 aliphatic rings. The minimum atomic E-state index is -6.18. The fraction of sp³-hybridized carbons (Fsp3) is 0.500. The molecule has 5 heterocycles.